The van der Waals surface area contributed by atoms with Crippen LogP contribution in [0.3, 0.4) is 0 Å². The van der Waals surface area contributed by atoms with Crippen LogP contribution in [-0.4, -0.2) is 19.2 Å². The number of hydrogen-bond donors (Lipinski definition) is 0. The van der Waals surface area contributed by atoms with Gasteiger partial charge in [0.05, 0.1) is 17.7 Å². The highest BCUT2D eigenvalue weighted by Crippen LogP contribution is 2.34. The fourth-order valence-electron chi connectivity index (χ4n) is 1.52. The average molecular weight is 392 g/mol. The fraction of sp³-hybridized carbons (Fsp3) is 0.357. The van der Waals surface area contributed by atoms with Gasteiger partial charge in [-0.15, -0.1) is 0 Å². The molecule has 19 heavy (non-hydrogen) atoms. The molecular weight excluding hydrogens is 376 g/mol. The Morgan fingerprint density at radius 1 is 1.26 bits per heavy atom. The number of halogens is 2. The zero-order chi connectivity index (χ0) is 14.4. The van der Waals surface area contributed by atoms with Crippen molar-refractivity contribution >= 4 is 43.9 Å². The summed E-state index contributed by atoms with van der Waals surface area (Å²) in [5.41, 5.74) is 1.36. The topological polar surface area (TPSA) is 35.5 Å². The highest BCUT2D eigenvalue weighted by atomic mass is 79.9. The number of hydrogen-bond acceptors (Lipinski definition) is 3. The summed E-state index contributed by atoms with van der Waals surface area (Å²) in [5, 5.41) is 0. The smallest absolute Gasteiger partial charge is 0.333 e. The fourth-order valence-corrected chi connectivity index (χ4v) is 2.89. The lowest BCUT2D eigenvalue weighted by molar-refractivity contribution is -0.138. The van der Waals surface area contributed by atoms with E-state index in [9.17, 15) is 4.79 Å². The van der Waals surface area contributed by atoms with E-state index < -0.39 is 0 Å². The first kappa shape index (κ1) is 16.2. The minimum atomic E-state index is -0.318. The first-order valence-corrected chi connectivity index (χ1v) is 7.55. The molecule has 0 aliphatic heterocycles. The van der Waals surface area contributed by atoms with Crippen molar-refractivity contribution in [2.75, 3.05) is 13.2 Å². The highest BCUT2D eigenvalue weighted by Gasteiger charge is 2.11. The number of benzene rings is 1. The van der Waals surface area contributed by atoms with Crippen molar-refractivity contribution < 1.29 is 14.3 Å². The number of esters is 1. The molecule has 0 saturated heterocycles. The van der Waals surface area contributed by atoms with E-state index >= 15 is 0 Å². The van der Waals surface area contributed by atoms with Gasteiger partial charge in [-0.05, 0) is 54.9 Å². The Hall–Kier alpha value is -0.810. The Morgan fingerprint density at radius 3 is 2.53 bits per heavy atom. The van der Waals surface area contributed by atoms with Crippen LogP contribution in [0.1, 0.15) is 26.3 Å². The monoisotopic (exact) mass is 390 g/mol. The van der Waals surface area contributed by atoms with Gasteiger partial charge in [0.25, 0.3) is 0 Å². The molecular formula is C14H16Br2O3. The van der Waals surface area contributed by atoms with E-state index in [4.69, 9.17) is 9.47 Å². The molecule has 0 saturated carbocycles. The summed E-state index contributed by atoms with van der Waals surface area (Å²) in [4.78, 5) is 11.6. The van der Waals surface area contributed by atoms with Crippen molar-refractivity contribution in [2.45, 2.75) is 20.8 Å². The van der Waals surface area contributed by atoms with E-state index in [2.05, 4.69) is 31.9 Å². The van der Waals surface area contributed by atoms with Crippen LogP contribution in [0.15, 0.2) is 26.7 Å². The molecule has 0 bridgehead atoms. The summed E-state index contributed by atoms with van der Waals surface area (Å²) < 4.78 is 12.3. The first-order valence-electron chi connectivity index (χ1n) is 5.96. The zero-order valence-electron chi connectivity index (χ0n) is 11.1. The summed E-state index contributed by atoms with van der Waals surface area (Å²) in [5.74, 6) is 0.399. The predicted molar refractivity (Wildman–Crippen MR) is 83.3 cm³/mol. The molecule has 1 aromatic rings. The van der Waals surface area contributed by atoms with Crippen molar-refractivity contribution in [1.29, 1.82) is 0 Å². The zero-order valence-corrected chi connectivity index (χ0v) is 14.3. The molecule has 5 heteroatoms. The second-order valence-corrected chi connectivity index (χ2v) is 5.56. The molecule has 0 aromatic heterocycles. The predicted octanol–water partition coefficient (Wildman–Crippen LogP) is 4.58. The third-order valence-corrected chi connectivity index (χ3v) is 3.34. The number of rotatable bonds is 5. The van der Waals surface area contributed by atoms with E-state index in [0.29, 0.717) is 24.5 Å². The molecule has 0 unspecified atom stereocenters. The maximum absolute atomic E-state index is 11.6. The normalized spacial score (nSPS) is 11.3. The van der Waals surface area contributed by atoms with Crippen LogP contribution in [0.2, 0.25) is 0 Å². The molecule has 0 radical (unpaired) electrons. The maximum Gasteiger partial charge on any atom is 0.333 e. The van der Waals surface area contributed by atoms with Gasteiger partial charge in [-0.3, -0.25) is 0 Å². The Bertz CT molecular complexity index is 496. The number of carbonyl (C=O) groups is 1. The molecule has 0 aliphatic rings. The van der Waals surface area contributed by atoms with Crippen molar-refractivity contribution in [3.8, 4) is 5.75 Å². The quantitative estimate of drug-likeness (QED) is 0.544. The Kier molecular flexibility index (Phi) is 6.58. The van der Waals surface area contributed by atoms with Gasteiger partial charge in [-0.25, -0.2) is 4.79 Å². The third-order valence-electron chi connectivity index (χ3n) is 2.30. The third kappa shape index (κ3) is 4.66. The van der Waals surface area contributed by atoms with E-state index in [0.717, 1.165) is 14.5 Å². The summed E-state index contributed by atoms with van der Waals surface area (Å²) >= 11 is 6.88. The molecule has 1 aromatic carbocycles. The second kappa shape index (κ2) is 7.70. The highest BCUT2D eigenvalue weighted by molar-refractivity contribution is 9.11. The van der Waals surface area contributed by atoms with E-state index in [1.54, 1.807) is 19.9 Å². The van der Waals surface area contributed by atoms with E-state index in [1.165, 1.54) is 0 Å². The van der Waals surface area contributed by atoms with Crippen LogP contribution in [-0.2, 0) is 9.53 Å². The van der Waals surface area contributed by atoms with Gasteiger partial charge in [0.1, 0.15) is 5.75 Å². The van der Waals surface area contributed by atoms with Crippen LogP contribution in [0, 0.1) is 0 Å². The number of carbonyl (C=O) groups excluding carboxylic acids is 1. The lowest BCUT2D eigenvalue weighted by Crippen LogP contribution is -2.05. The largest absolute Gasteiger partial charge is 0.492 e. The Balaban J connectivity index is 3.18. The molecule has 0 aliphatic carbocycles. The van der Waals surface area contributed by atoms with Crippen molar-refractivity contribution in [3.05, 3.63) is 32.2 Å². The summed E-state index contributed by atoms with van der Waals surface area (Å²) in [7, 11) is 0. The van der Waals surface area contributed by atoms with E-state index in [-0.39, 0.29) is 5.97 Å². The molecule has 0 amide bonds. The van der Waals surface area contributed by atoms with Crippen LogP contribution < -0.4 is 4.74 Å². The molecule has 0 heterocycles. The minimum Gasteiger partial charge on any atom is -0.492 e. The van der Waals surface area contributed by atoms with Gasteiger partial charge in [-0.2, -0.15) is 0 Å². The van der Waals surface area contributed by atoms with Gasteiger partial charge >= 0.3 is 5.97 Å². The van der Waals surface area contributed by atoms with Gasteiger partial charge in [0, 0.05) is 15.6 Å². The summed E-state index contributed by atoms with van der Waals surface area (Å²) in [6, 6.07) is 3.81. The van der Waals surface area contributed by atoms with Crippen molar-refractivity contribution in [3.63, 3.8) is 0 Å². The molecule has 3 nitrogen and oxygen atoms in total. The minimum absolute atomic E-state index is 0.318. The Labute approximate surface area is 130 Å². The molecule has 104 valence electrons. The maximum atomic E-state index is 11.6. The molecule has 0 atom stereocenters. The van der Waals surface area contributed by atoms with Gasteiger partial charge in [-0.1, -0.05) is 15.9 Å². The van der Waals surface area contributed by atoms with Crippen molar-refractivity contribution in [1.82, 2.24) is 0 Å². The van der Waals surface area contributed by atoms with Crippen molar-refractivity contribution in [2.24, 2.45) is 0 Å². The second-order valence-electron chi connectivity index (χ2n) is 3.79. The van der Waals surface area contributed by atoms with Crippen LogP contribution in [0.5, 0.6) is 5.75 Å². The van der Waals surface area contributed by atoms with Crippen LogP contribution in [0.4, 0.5) is 0 Å². The van der Waals surface area contributed by atoms with Gasteiger partial charge in [0.2, 0.25) is 0 Å². The average Bonchev–Trinajstić information content (AvgIpc) is 2.33. The van der Waals surface area contributed by atoms with E-state index in [1.807, 2.05) is 19.1 Å². The lowest BCUT2D eigenvalue weighted by atomic mass is 10.1. The lowest BCUT2D eigenvalue weighted by Gasteiger charge is -2.11. The molecule has 0 N–H and O–H groups in total. The van der Waals surface area contributed by atoms with Gasteiger partial charge in [0.15, 0.2) is 0 Å². The summed E-state index contributed by atoms with van der Waals surface area (Å²) in [6.45, 7) is 6.35. The van der Waals surface area contributed by atoms with Crippen LogP contribution in [0.25, 0.3) is 6.08 Å². The molecule has 0 fully saturated rings. The van der Waals surface area contributed by atoms with Crippen LogP contribution >= 0.6 is 31.9 Å². The molecule has 0 spiro atoms. The van der Waals surface area contributed by atoms with Gasteiger partial charge < -0.3 is 9.47 Å². The standard InChI is InChI=1S/C14H16Br2O3/c1-4-18-13-10(7-11(15)8-12(13)16)6-9(3)14(17)19-5-2/h6-8H,4-5H2,1-3H3/b9-6+. The first-order chi connectivity index (χ1) is 8.99. The Morgan fingerprint density at radius 2 is 1.95 bits per heavy atom. The SMILES string of the molecule is CCOC(=O)/C(C)=C/c1cc(Br)cc(Br)c1OCC. The number of ether oxygens (including phenoxy) is 2. The summed E-state index contributed by atoms with van der Waals surface area (Å²) in [6.07, 6.45) is 1.76. The molecule has 1 rings (SSSR count).